The average molecular weight is 206 g/mol. The molecule has 0 saturated heterocycles. The van der Waals surface area contributed by atoms with Crippen LogP contribution in [0.25, 0.3) is 0 Å². The number of hydrogen-bond donors (Lipinski definition) is 2. The first-order chi connectivity index (χ1) is 7.18. The summed E-state index contributed by atoms with van der Waals surface area (Å²) in [6.07, 6.45) is 1.58. The van der Waals surface area contributed by atoms with Crippen LogP contribution < -0.4 is 15.8 Å². The van der Waals surface area contributed by atoms with E-state index < -0.39 is 5.54 Å². The Morgan fingerprint density at radius 2 is 2.13 bits per heavy atom. The van der Waals surface area contributed by atoms with Crippen molar-refractivity contribution < 1.29 is 9.53 Å². The number of carbonyl (C=O) groups excluding carboxylic acids is 1. The second-order valence-corrected chi connectivity index (χ2v) is 3.77. The predicted octanol–water partition coefficient (Wildman–Crippen LogP) is 1.12. The van der Waals surface area contributed by atoms with Gasteiger partial charge in [0.15, 0.2) is 0 Å². The maximum absolute atomic E-state index is 11.2. The third kappa shape index (κ3) is 1.75. The van der Waals surface area contributed by atoms with Gasteiger partial charge in [0.25, 0.3) is 0 Å². The molecule has 0 bridgehead atoms. The van der Waals surface area contributed by atoms with Crippen molar-refractivity contribution in [1.29, 1.82) is 0 Å². The molecular formula is C11H14N2O2. The van der Waals surface area contributed by atoms with Gasteiger partial charge in [0, 0.05) is 0 Å². The monoisotopic (exact) mass is 206 g/mol. The first-order valence-electron chi connectivity index (χ1n) is 4.89. The van der Waals surface area contributed by atoms with Crippen molar-refractivity contribution in [2.75, 3.05) is 12.4 Å². The Morgan fingerprint density at radius 1 is 1.47 bits per heavy atom. The number of hydrogen-bond acceptors (Lipinski definition) is 3. The fourth-order valence-electron chi connectivity index (χ4n) is 1.56. The topological polar surface area (TPSA) is 64.3 Å². The molecule has 1 aromatic rings. The molecular weight excluding hydrogens is 192 g/mol. The second-order valence-electron chi connectivity index (χ2n) is 3.77. The minimum absolute atomic E-state index is 0.298. The summed E-state index contributed by atoms with van der Waals surface area (Å²) in [4.78, 5) is 11.2. The Hall–Kier alpha value is -1.71. The number of nitrogens with two attached hydrogens (primary N) is 1. The second kappa shape index (κ2) is 3.46. The van der Waals surface area contributed by atoms with E-state index in [1.165, 1.54) is 0 Å². The van der Waals surface area contributed by atoms with E-state index in [9.17, 15) is 4.79 Å². The standard InChI is InChI=1S/C11H14N2O2/c1-15-9-5-3-2-4-8(9)13-11(6-7-11)10(12)14/h2-5,13H,6-7H2,1H3,(H2,12,14). The fourth-order valence-corrected chi connectivity index (χ4v) is 1.56. The third-order valence-corrected chi connectivity index (χ3v) is 2.70. The highest BCUT2D eigenvalue weighted by molar-refractivity contribution is 5.91. The smallest absolute Gasteiger partial charge is 0.243 e. The minimum atomic E-state index is -0.547. The molecule has 1 aliphatic carbocycles. The summed E-state index contributed by atoms with van der Waals surface area (Å²) in [7, 11) is 1.60. The van der Waals surface area contributed by atoms with Crippen LogP contribution in [0.3, 0.4) is 0 Å². The normalized spacial score (nSPS) is 16.9. The van der Waals surface area contributed by atoms with Gasteiger partial charge in [-0.25, -0.2) is 0 Å². The Labute approximate surface area is 88.4 Å². The van der Waals surface area contributed by atoms with Gasteiger partial charge in [-0.05, 0) is 25.0 Å². The lowest BCUT2D eigenvalue weighted by molar-refractivity contribution is -0.119. The van der Waals surface area contributed by atoms with E-state index in [-0.39, 0.29) is 5.91 Å². The van der Waals surface area contributed by atoms with Crippen LogP contribution in [0.4, 0.5) is 5.69 Å². The fraction of sp³-hybridized carbons (Fsp3) is 0.364. The minimum Gasteiger partial charge on any atom is -0.495 e. The molecule has 0 unspecified atom stereocenters. The molecule has 0 atom stereocenters. The molecule has 80 valence electrons. The van der Waals surface area contributed by atoms with Crippen molar-refractivity contribution in [2.24, 2.45) is 5.73 Å². The largest absolute Gasteiger partial charge is 0.495 e. The number of primary amides is 1. The van der Waals surface area contributed by atoms with Crippen LogP contribution >= 0.6 is 0 Å². The molecule has 1 amide bonds. The lowest BCUT2D eigenvalue weighted by Crippen LogP contribution is -2.37. The van der Waals surface area contributed by atoms with Crippen molar-refractivity contribution in [2.45, 2.75) is 18.4 Å². The van der Waals surface area contributed by atoms with Gasteiger partial charge in [-0.3, -0.25) is 4.79 Å². The number of anilines is 1. The number of nitrogens with one attached hydrogen (secondary N) is 1. The molecule has 1 saturated carbocycles. The summed E-state index contributed by atoms with van der Waals surface area (Å²) >= 11 is 0. The zero-order valence-corrected chi connectivity index (χ0v) is 8.62. The number of amides is 1. The molecule has 3 N–H and O–H groups in total. The third-order valence-electron chi connectivity index (χ3n) is 2.70. The molecule has 4 heteroatoms. The maximum Gasteiger partial charge on any atom is 0.243 e. The van der Waals surface area contributed by atoms with E-state index in [0.29, 0.717) is 0 Å². The first kappa shape index (κ1) is 9.83. The van der Waals surface area contributed by atoms with Crippen LogP contribution in [0.1, 0.15) is 12.8 Å². The average Bonchev–Trinajstić information content (AvgIpc) is 3.00. The molecule has 0 heterocycles. The molecule has 15 heavy (non-hydrogen) atoms. The van der Waals surface area contributed by atoms with Gasteiger partial charge in [-0.1, -0.05) is 12.1 Å². The quantitative estimate of drug-likeness (QED) is 0.776. The van der Waals surface area contributed by atoms with E-state index in [1.807, 2.05) is 24.3 Å². The van der Waals surface area contributed by atoms with E-state index in [4.69, 9.17) is 10.5 Å². The van der Waals surface area contributed by atoms with Crippen LogP contribution in [-0.2, 0) is 4.79 Å². The van der Waals surface area contributed by atoms with Gasteiger partial charge in [0.05, 0.1) is 12.8 Å². The van der Waals surface area contributed by atoms with Crippen molar-refractivity contribution in [3.05, 3.63) is 24.3 Å². The van der Waals surface area contributed by atoms with Gasteiger partial charge >= 0.3 is 0 Å². The van der Waals surface area contributed by atoms with E-state index in [2.05, 4.69) is 5.32 Å². The molecule has 0 spiro atoms. The number of para-hydroxylation sites is 2. The van der Waals surface area contributed by atoms with E-state index >= 15 is 0 Å². The molecule has 0 aliphatic heterocycles. The summed E-state index contributed by atoms with van der Waals surface area (Å²) < 4.78 is 5.18. The van der Waals surface area contributed by atoms with Gasteiger partial charge in [0.2, 0.25) is 5.91 Å². The van der Waals surface area contributed by atoms with Crippen LogP contribution in [-0.4, -0.2) is 18.6 Å². The number of benzene rings is 1. The van der Waals surface area contributed by atoms with Crippen molar-refractivity contribution >= 4 is 11.6 Å². The van der Waals surface area contributed by atoms with Gasteiger partial charge in [-0.2, -0.15) is 0 Å². The van der Waals surface area contributed by atoms with Crippen molar-refractivity contribution in [1.82, 2.24) is 0 Å². The number of rotatable bonds is 4. The highest BCUT2D eigenvalue weighted by atomic mass is 16.5. The summed E-state index contributed by atoms with van der Waals surface area (Å²) in [5.74, 6) is 0.429. The van der Waals surface area contributed by atoms with E-state index in [1.54, 1.807) is 7.11 Å². The zero-order valence-electron chi connectivity index (χ0n) is 8.62. The van der Waals surface area contributed by atoms with Crippen molar-refractivity contribution in [3.63, 3.8) is 0 Å². The summed E-state index contributed by atoms with van der Waals surface area (Å²) in [6.45, 7) is 0. The predicted molar refractivity (Wildman–Crippen MR) is 57.8 cm³/mol. The van der Waals surface area contributed by atoms with Crippen LogP contribution in [0, 0.1) is 0 Å². The van der Waals surface area contributed by atoms with Crippen molar-refractivity contribution in [3.8, 4) is 5.75 Å². The SMILES string of the molecule is COc1ccccc1NC1(C(N)=O)CC1. The molecule has 1 aliphatic rings. The van der Waals surface area contributed by atoms with Gasteiger partial charge in [-0.15, -0.1) is 0 Å². The molecule has 0 aromatic heterocycles. The Balaban J connectivity index is 2.21. The summed E-state index contributed by atoms with van der Waals surface area (Å²) in [5, 5.41) is 3.15. The van der Waals surface area contributed by atoms with Gasteiger partial charge < -0.3 is 15.8 Å². The molecule has 4 nitrogen and oxygen atoms in total. The highest BCUT2D eigenvalue weighted by Gasteiger charge is 2.48. The first-order valence-corrected chi connectivity index (χ1v) is 4.89. The highest BCUT2D eigenvalue weighted by Crippen LogP contribution is 2.40. The van der Waals surface area contributed by atoms with Gasteiger partial charge in [0.1, 0.15) is 11.3 Å². The summed E-state index contributed by atoms with van der Waals surface area (Å²) in [6, 6.07) is 7.50. The number of carbonyl (C=O) groups is 1. The molecule has 1 aromatic carbocycles. The number of methoxy groups -OCH3 is 1. The van der Waals surface area contributed by atoms with Crippen LogP contribution in [0.2, 0.25) is 0 Å². The lowest BCUT2D eigenvalue weighted by Gasteiger charge is -2.17. The zero-order chi connectivity index (χ0) is 10.9. The molecule has 1 fully saturated rings. The van der Waals surface area contributed by atoms with E-state index in [0.717, 1.165) is 24.3 Å². The maximum atomic E-state index is 11.2. The lowest BCUT2D eigenvalue weighted by atomic mass is 10.2. The number of ether oxygens (including phenoxy) is 1. The van der Waals surface area contributed by atoms with Crippen LogP contribution in [0.15, 0.2) is 24.3 Å². The summed E-state index contributed by atoms with van der Waals surface area (Å²) in [5.41, 5.74) is 5.60. The molecule has 0 radical (unpaired) electrons. The Kier molecular flexibility index (Phi) is 2.26. The molecule has 2 rings (SSSR count). The Bertz CT molecular complexity index is 386. The Morgan fingerprint density at radius 3 is 2.67 bits per heavy atom. The van der Waals surface area contributed by atoms with Crippen LogP contribution in [0.5, 0.6) is 5.75 Å².